The molecular weight excluding hydrogens is 309 g/mol. The summed E-state index contributed by atoms with van der Waals surface area (Å²) >= 11 is 0. The number of amides is 2. The number of carbonyl (C=O) groups is 2. The molecule has 2 amide bonds. The van der Waals surface area contributed by atoms with Crippen molar-refractivity contribution in [1.82, 2.24) is 0 Å². The van der Waals surface area contributed by atoms with Gasteiger partial charge < -0.3 is 16.4 Å². The molecule has 0 saturated heterocycles. The highest BCUT2D eigenvalue weighted by Crippen LogP contribution is 2.23. The number of halogens is 1. The zero-order valence-electron chi connectivity index (χ0n) is 13.2. The lowest BCUT2D eigenvalue weighted by molar-refractivity contribution is -0.117. The molecule has 0 radical (unpaired) electrons. The number of nitrogens with one attached hydrogen (secondary N) is 2. The molecule has 6 heteroatoms. The predicted octanol–water partition coefficient (Wildman–Crippen LogP) is 2.68. The fourth-order valence-corrected chi connectivity index (χ4v) is 2.18. The second kappa shape index (κ2) is 8.79. The molecular formula is C18H20FN3O2. The van der Waals surface area contributed by atoms with E-state index in [0.717, 1.165) is 5.56 Å². The molecule has 0 unspecified atom stereocenters. The second-order valence-electron chi connectivity index (χ2n) is 5.34. The summed E-state index contributed by atoms with van der Waals surface area (Å²) in [6.07, 6.45) is 0.972. The van der Waals surface area contributed by atoms with Gasteiger partial charge in [-0.25, -0.2) is 4.39 Å². The Hall–Kier alpha value is -2.73. The van der Waals surface area contributed by atoms with Crippen molar-refractivity contribution in [3.05, 3.63) is 59.9 Å². The Kier molecular flexibility index (Phi) is 6.45. The zero-order valence-corrected chi connectivity index (χ0v) is 13.2. The third-order valence-corrected chi connectivity index (χ3v) is 3.35. The molecule has 0 saturated carbocycles. The van der Waals surface area contributed by atoms with Crippen LogP contribution < -0.4 is 16.4 Å². The largest absolute Gasteiger partial charge is 0.330 e. The summed E-state index contributed by atoms with van der Waals surface area (Å²) < 4.78 is 13.4. The molecule has 0 aromatic heterocycles. The van der Waals surface area contributed by atoms with Gasteiger partial charge in [-0.2, -0.15) is 0 Å². The molecule has 0 heterocycles. The average Bonchev–Trinajstić information content (AvgIpc) is 2.56. The lowest BCUT2D eigenvalue weighted by Crippen LogP contribution is -2.18. The third-order valence-electron chi connectivity index (χ3n) is 3.35. The monoisotopic (exact) mass is 329 g/mol. The van der Waals surface area contributed by atoms with Crippen LogP contribution in [0.25, 0.3) is 0 Å². The Morgan fingerprint density at radius 3 is 2.38 bits per heavy atom. The molecule has 0 bridgehead atoms. The van der Waals surface area contributed by atoms with Gasteiger partial charge in [0.15, 0.2) is 0 Å². The predicted molar refractivity (Wildman–Crippen MR) is 92.1 cm³/mol. The summed E-state index contributed by atoms with van der Waals surface area (Å²) in [5.74, 6) is -1.01. The van der Waals surface area contributed by atoms with Crippen molar-refractivity contribution in [3.63, 3.8) is 0 Å². The first-order chi connectivity index (χ1) is 11.6. The highest BCUT2D eigenvalue weighted by Gasteiger charge is 2.11. The van der Waals surface area contributed by atoms with Crippen molar-refractivity contribution >= 4 is 23.2 Å². The molecule has 0 aliphatic heterocycles. The smallest absolute Gasteiger partial charge is 0.228 e. The summed E-state index contributed by atoms with van der Waals surface area (Å²) in [6, 6.07) is 13.1. The van der Waals surface area contributed by atoms with Gasteiger partial charge in [0, 0.05) is 6.42 Å². The summed E-state index contributed by atoms with van der Waals surface area (Å²) in [6.45, 7) is 0.400. The highest BCUT2D eigenvalue weighted by molar-refractivity contribution is 6.00. The van der Waals surface area contributed by atoms with Crippen LogP contribution >= 0.6 is 0 Å². The van der Waals surface area contributed by atoms with E-state index in [-0.39, 0.29) is 30.3 Å². The third kappa shape index (κ3) is 5.48. The first kappa shape index (κ1) is 17.6. The fourth-order valence-electron chi connectivity index (χ4n) is 2.18. The topological polar surface area (TPSA) is 84.2 Å². The second-order valence-corrected chi connectivity index (χ2v) is 5.34. The molecule has 4 N–H and O–H groups in total. The van der Waals surface area contributed by atoms with Gasteiger partial charge >= 0.3 is 0 Å². The SMILES string of the molecule is NCCCC(=O)Nc1cc(F)ccc1NC(=O)Cc1ccccc1. The Bertz CT molecular complexity index is 705. The van der Waals surface area contributed by atoms with Gasteiger partial charge in [0.05, 0.1) is 17.8 Å². The maximum atomic E-state index is 13.4. The number of benzene rings is 2. The summed E-state index contributed by atoms with van der Waals surface area (Å²) in [7, 11) is 0. The van der Waals surface area contributed by atoms with Crippen molar-refractivity contribution < 1.29 is 14.0 Å². The summed E-state index contributed by atoms with van der Waals surface area (Å²) in [5.41, 5.74) is 6.83. The summed E-state index contributed by atoms with van der Waals surface area (Å²) in [5, 5.41) is 5.31. The van der Waals surface area contributed by atoms with E-state index >= 15 is 0 Å². The van der Waals surface area contributed by atoms with Crippen LogP contribution in [-0.4, -0.2) is 18.4 Å². The molecule has 24 heavy (non-hydrogen) atoms. The molecule has 0 atom stereocenters. The van der Waals surface area contributed by atoms with E-state index in [1.54, 1.807) is 0 Å². The van der Waals surface area contributed by atoms with Gasteiger partial charge in [0.25, 0.3) is 0 Å². The summed E-state index contributed by atoms with van der Waals surface area (Å²) in [4.78, 5) is 24.0. The Labute approximate surface area is 140 Å². The van der Waals surface area contributed by atoms with Crippen LogP contribution in [0.4, 0.5) is 15.8 Å². The van der Waals surface area contributed by atoms with E-state index in [1.807, 2.05) is 30.3 Å². The van der Waals surface area contributed by atoms with E-state index in [9.17, 15) is 14.0 Å². The normalized spacial score (nSPS) is 10.2. The molecule has 126 valence electrons. The number of rotatable bonds is 7. The zero-order chi connectivity index (χ0) is 17.4. The number of hydrogen-bond donors (Lipinski definition) is 3. The van der Waals surface area contributed by atoms with Crippen LogP contribution in [0.15, 0.2) is 48.5 Å². The number of nitrogens with two attached hydrogens (primary N) is 1. The van der Waals surface area contributed by atoms with Gasteiger partial charge in [-0.05, 0) is 36.7 Å². The number of carbonyl (C=O) groups excluding carboxylic acids is 2. The van der Waals surface area contributed by atoms with Crippen LogP contribution in [0.2, 0.25) is 0 Å². The van der Waals surface area contributed by atoms with E-state index in [4.69, 9.17) is 5.73 Å². The molecule has 2 aromatic rings. The average molecular weight is 329 g/mol. The van der Waals surface area contributed by atoms with Gasteiger partial charge in [0.1, 0.15) is 5.82 Å². The molecule has 0 aliphatic carbocycles. The van der Waals surface area contributed by atoms with Gasteiger partial charge in [-0.1, -0.05) is 30.3 Å². The van der Waals surface area contributed by atoms with Crippen LogP contribution in [0.3, 0.4) is 0 Å². The van der Waals surface area contributed by atoms with Crippen molar-refractivity contribution in [1.29, 1.82) is 0 Å². The molecule has 0 aliphatic rings. The molecule has 0 fully saturated rings. The lowest BCUT2D eigenvalue weighted by atomic mass is 10.1. The van der Waals surface area contributed by atoms with Crippen molar-refractivity contribution in [2.45, 2.75) is 19.3 Å². The van der Waals surface area contributed by atoms with E-state index in [0.29, 0.717) is 18.7 Å². The van der Waals surface area contributed by atoms with Gasteiger partial charge in [0.2, 0.25) is 11.8 Å². The van der Waals surface area contributed by atoms with E-state index < -0.39 is 5.82 Å². The molecule has 2 aromatic carbocycles. The molecule has 5 nitrogen and oxygen atoms in total. The van der Waals surface area contributed by atoms with Crippen LogP contribution in [0.1, 0.15) is 18.4 Å². The molecule has 0 spiro atoms. The fraction of sp³-hybridized carbons (Fsp3) is 0.222. The number of hydrogen-bond acceptors (Lipinski definition) is 3. The minimum absolute atomic E-state index is 0.193. The minimum atomic E-state index is -0.495. The van der Waals surface area contributed by atoms with Gasteiger partial charge in [-0.15, -0.1) is 0 Å². The van der Waals surface area contributed by atoms with Crippen LogP contribution in [0.5, 0.6) is 0 Å². The maximum Gasteiger partial charge on any atom is 0.228 e. The van der Waals surface area contributed by atoms with E-state index in [1.165, 1.54) is 18.2 Å². The Morgan fingerprint density at radius 1 is 0.958 bits per heavy atom. The number of anilines is 2. The maximum absolute atomic E-state index is 13.4. The lowest BCUT2D eigenvalue weighted by Gasteiger charge is -2.12. The minimum Gasteiger partial charge on any atom is -0.330 e. The Morgan fingerprint density at radius 2 is 1.67 bits per heavy atom. The first-order valence-corrected chi connectivity index (χ1v) is 7.71. The first-order valence-electron chi connectivity index (χ1n) is 7.71. The highest BCUT2D eigenvalue weighted by atomic mass is 19.1. The van der Waals surface area contributed by atoms with Crippen molar-refractivity contribution in [2.24, 2.45) is 5.73 Å². The van der Waals surface area contributed by atoms with Crippen LogP contribution in [-0.2, 0) is 16.0 Å². The van der Waals surface area contributed by atoms with Crippen LogP contribution in [0, 0.1) is 5.82 Å². The quantitative estimate of drug-likeness (QED) is 0.730. The van der Waals surface area contributed by atoms with Gasteiger partial charge in [-0.3, -0.25) is 9.59 Å². The van der Waals surface area contributed by atoms with E-state index in [2.05, 4.69) is 10.6 Å². The standard InChI is InChI=1S/C18H20FN3O2/c19-14-8-9-15(16(12-14)22-17(23)7-4-10-20)21-18(24)11-13-5-2-1-3-6-13/h1-3,5-6,8-9,12H,4,7,10-11,20H2,(H,21,24)(H,22,23). The molecule has 2 rings (SSSR count). The van der Waals surface area contributed by atoms with Crippen molar-refractivity contribution in [3.8, 4) is 0 Å². The Balaban J connectivity index is 2.06. The van der Waals surface area contributed by atoms with Crippen molar-refractivity contribution in [2.75, 3.05) is 17.2 Å².